The lowest BCUT2D eigenvalue weighted by molar-refractivity contribution is -0.138. The molecule has 0 heterocycles. The van der Waals surface area contributed by atoms with Crippen molar-refractivity contribution in [1.82, 2.24) is 10.2 Å². The first kappa shape index (κ1) is 18.8. The minimum atomic E-state index is -1.20. The highest BCUT2D eigenvalue weighted by Gasteiger charge is 2.28. The third-order valence-corrected chi connectivity index (χ3v) is 3.78. The molecule has 0 spiro atoms. The molecule has 1 aromatic rings. The van der Waals surface area contributed by atoms with Gasteiger partial charge in [0.25, 0.3) is 0 Å². The number of nitrogens with one attached hydrogen (secondary N) is 1. The van der Waals surface area contributed by atoms with Gasteiger partial charge in [-0.15, -0.1) is 0 Å². The standard InChI is InChI=1S/C18H24N2O5/c1-18(2,3)25-17(24)20(11-16(22)23)10-15(21)19-14-9-8-12-6-4-5-7-13(12)14/h4-7,14H,8-11H2,1-3H3,(H,19,21)(H,22,23)/t14-/m1/s1. The zero-order valence-corrected chi connectivity index (χ0v) is 14.7. The van der Waals surface area contributed by atoms with Crippen LogP contribution in [0, 0.1) is 0 Å². The molecular formula is C18H24N2O5. The van der Waals surface area contributed by atoms with Gasteiger partial charge in [0.2, 0.25) is 5.91 Å². The van der Waals surface area contributed by atoms with E-state index in [2.05, 4.69) is 5.32 Å². The molecule has 2 rings (SSSR count). The van der Waals surface area contributed by atoms with Crippen LogP contribution in [0.3, 0.4) is 0 Å². The minimum absolute atomic E-state index is 0.117. The summed E-state index contributed by atoms with van der Waals surface area (Å²) in [6, 6.07) is 7.75. The number of carboxylic acids is 1. The quantitative estimate of drug-likeness (QED) is 0.850. The maximum atomic E-state index is 12.3. The number of benzene rings is 1. The number of aryl methyl sites for hydroxylation is 1. The van der Waals surface area contributed by atoms with E-state index in [0.717, 1.165) is 23.3 Å². The number of carboxylic acid groups (broad SMARTS) is 1. The minimum Gasteiger partial charge on any atom is -0.480 e. The fraction of sp³-hybridized carbons (Fsp3) is 0.500. The molecule has 1 aliphatic carbocycles. The number of carbonyl (C=O) groups excluding carboxylic acids is 2. The van der Waals surface area contributed by atoms with E-state index in [1.807, 2.05) is 24.3 Å². The Balaban J connectivity index is 2.00. The van der Waals surface area contributed by atoms with Crippen LogP contribution in [0.4, 0.5) is 4.79 Å². The number of fused-ring (bicyclic) bond motifs is 1. The lowest BCUT2D eigenvalue weighted by Crippen LogP contribution is -2.45. The van der Waals surface area contributed by atoms with Crippen LogP contribution in [-0.4, -0.2) is 46.7 Å². The monoisotopic (exact) mass is 348 g/mol. The molecule has 0 bridgehead atoms. The van der Waals surface area contributed by atoms with Gasteiger partial charge >= 0.3 is 12.1 Å². The highest BCUT2D eigenvalue weighted by molar-refractivity contribution is 5.85. The second-order valence-electron chi connectivity index (χ2n) is 7.09. The van der Waals surface area contributed by atoms with E-state index in [4.69, 9.17) is 9.84 Å². The Morgan fingerprint density at radius 1 is 1.24 bits per heavy atom. The first-order valence-electron chi connectivity index (χ1n) is 8.22. The second kappa shape index (κ2) is 7.55. The van der Waals surface area contributed by atoms with E-state index in [1.165, 1.54) is 5.56 Å². The summed E-state index contributed by atoms with van der Waals surface area (Å²) in [7, 11) is 0. The molecule has 2 amide bonds. The summed E-state index contributed by atoms with van der Waals surface area (Å²) in [6.45, 7) is 4.08. The summed E-state index contributed by atoms with van der Waals surface area (Å²) in [4.78, 5) is 36.3. The van der Waals surface area contributed by atoms with E-state index < -0.39 is 30.1 Å². The molecule has 7 heteroatoms. The number of carbonyl (C=O) groups is 3. The van der Waals surface area contributed by atoms with E-state index in [-0.39, 0.29) is 12.6 Å². The van der Waals surface area contributed by atoms with Gasteiger partial charge in [-0.1, -0.05) is 24.3 Å². The van der Waals surface area contributed by atoms with Gasteiger partial charge in [-0.25, -0.2) is 4.79 Å². The Morgan fingerprint density at radius 3 is 2.56 bits per heavy atom. The summed E-state index contributed by atoms with van der Waals surface area (Å²) in [6.07, 6.45) is 0.847. The van der Waals surface area contributed by atoms with Crippen molar-refractivity contribution in [3.05, 3.63) is 35.4 Å². The van der Waals surface area contributed by atoms with E-state index in [9.17, 15) is 14.4 Å². The average molecular weight is 348 g/mol. The van der Waals surface area contributed by atoms with Crippen molar-refractivity contribution in [1.29, 1.82) is 0 Å². The molecule has 0 aliphatic heterocycles. The first-order valence-corrected chi connectivity index (χ1v) is 8.22. The van der Waals surface area contributed by atoms with Crippen molar-refractivity contribution in [2.75, 3.05) is 13.1 Å². The molecule has 1 aromatic carbocycles. The number of hydrogen-bond donors (Lipinski definition) is 2. The molecular weight excluding hydrogens is 324 g/mol. The number of nitrogens with zero attached hydrogens (tertiary/aromatic N) is 1. The summed E-state index contributed by atoms with van der Waals surface area (Å²) >= 11 is 0. The number of hydrogen-bond acceptors (Lipinski definition) is 4. The van der Waals surface area contributed by atoms with Crippen LogP contribution in [0.25, 0.3) is 0 Å². The molecule has 0 fully saturated rings. The van der Waals surface area contributed by atoms with Gasteiger partial charge in [0.05, 0.1) is 6.04 Å². The third kappa shape index (κ3) is 5.48. The van der Waals surface area contributed by atoms with E-state index in [1.54, 1.807) is 20.8 Å². The summed E-state index contributed by atoms with van der Waals surface area (Å²) < 4.78 is 5.17. The largest absolute Gasteiger partial charge is 0.480 e. The van der Waals surface area contributed by atoms with Gasteiger partial charge in [0.1, 0.15) is 18.7 Å². The number of ether oxygens (including phenoxy) is 1. The first-order chi connectivity index (χ1) is 11.7. The molecule has 0 radical (unpaired) electrons. The number of aliphatic carboxylic acids is 1. The molecule has 1 atom stereocenters. The topological polar surface area (TPSA) is 95.9 Å². The summed E-state index contributed by atoms with van der Waals surface area (Å²) in [5.74, 6) is -1.61. The van der Waals surface area contributed by atoms with Crippen LogP contribution in [0.5, 0.6) is 0 Å². The van der Waals surface area contributed by atoms with E-state index >= 15 is 0 Å². The smallest absolute Gasteiger partial charge is 0.411 e. The van der Waals surface area contributed by atoms with E-state index in [0.29, 0.717) is 0 Å². The fourth-order valence-corrected chi connectivity index (χ4v) is 2.80. The Kier molecular flexibility index (Phi) is 5.66. The molecule has 0 unspecified atom stereocenters. The van der Waals surface area contributed by atoms with Crippen LogP contribution < -0.4 is 5.32 Å². The van der Waals surface area contributed by atoms with Gasteiger partial charge in [0, 0.05) is 0 Å². The number of rotatable bonds is 5. The molecule has 136 valence electrons. The normalized spacial score (nSPS) is 16.0. The third-order valence-electron chi connectivity index (χ3n) is 3.78. The SMILES string of the molecule is CC(C)(C)OC(=O)N(CC(=O)O)CC(=O)N[C@@H]1CCc2ccccc21. The van der Waals surface area contributed by atoms with Crippen molar-refractivity contribution in [2.45, 2.75) is 45.3 Å². The maximum Gasteiger partial charge on any atom is 0.411 e. The molecule has 25 heavy (non-hydrogen) atoms. The van der Waals surface area contributed by atoms with Gasteiger partial charge in [-0.3, -0.25) is 14.5 Å². The van der Waals surface area contributed by atoms with Crippen molar-refractivity contribution < 1.29 is 24.2 Å². The molecule has 1 aliphatic rings. The Bertz CT molecular complexity index is 666. The summed E-state index contributed by atoms with van der Waals surface area (Å²) in [5, 5.41) is 11.9. The van der Waals surface area contributed by atoms with Gasteiger partial charge in [-0.2, -0.15) is 0 Å². The fourth-order valence-electron chi connectivity index (χ4n) is 2.80. The summed E-state index contributed by atoms with van der Waals surface area (Å²) in [5.41, 5.74) is 1.49. The van der Waals surface area contributed by atoms with Crippen LogP contribution in [0.2, 0.25) is 0 Å². The molecule has 0 aromatic heterocycles. The molecule has 0 saturated heterocycles. The maximum absolute atomic E-state index is 12.3. The highest BCUT2D eigenvalue weighted by Crippen LogP contribution is 2.30. The van der Waals surface area contributed by atoms with Gasteiger partial charge in [-0.05, 0) is 44.7 Å². The number of amides is 2. The van der Waals surface area contributed by atoms with Crippen LogP contribution in [0.15, 0.2) is 24.3 Å². The van der Waals surface area contributed by atoms with Crippen LogP contribution in [-0.2, 0) is 20.7 Å². The average Bonchev–Trinajstić information content (AvgIpc) is 2.87. The van der Waals surface area contributed by atoms with Gasteiger partial charge < -0.3 is 15.2 Å². The predicted molar refractivity (Wildman–Crippen MR) is 91.1 cm³/mol. The van der Waals surface area contributed by atoms with Crippen molar-refractivity contribution in [3.63, 3.8) is 0 Å². The zero-order chi connectivity index (χ0) is 18.6. The Hall–Kier alpha value is -2.57. The van der Waals surface area contributed by atoms with Crippen LogP contribution in [0.1, 0.15) is 44.4 Å². The Morgan fingerprint density at radius 2 is 1.92 bits per heavy atom. The molecule has 7 nitrogen and oxygen atoms in total. The van der Waals surface area contributed by atoms with Crippen LogP contribution >= 0.6 is 0 Å². The van der Waals surface area contributed by atoms with Crippen molar-refractivity contribution in [2.24, 2.45) is 0 Å². The van der Waals surface area contributed by atoms with Crippen molar-refractivity contribution >= 4 is 18.0 Å². The second-order valence-corrected chi connectivity index (χ2v) is 7.09. The van der Waals surface area contributed by atoms with Gasteiger partial charge in [0.15, 0.2) is 0 Å². The highest BCUT2D eigenvalue weighted by atomic mass is 16.6. The molecule has 0 saturated carbocycles. The lowest BCUT2D eigenvalue weighted by Gasteiger charge is -2.26. The zero-order valence-electron chi connectivity index (χ0n) is 14.7. The Labute approximate surface area is 147 Å². The lowest BCUT2D eigenvalue weighted by atomic mass is 10.1. The van der Waals surface area contributed by atoms with Crippen molar-refractivity contribution in [3.8, 4) is 0 Å². The molecule has 2 N–H and O–H groups in total. The predicted octanol–water partition coefficient (Wildman–Crippen LogP) is 2.11.